The molecule has 0 aliphatic carbocycles. The minimum Gasteiger partial charge on any atom is -0.494 e. The van der Waals surface area contributed by atoms with Gasteiger partial charge in [-0.15, -0.1) is 0 Å². The maximum atomic E-state index is 13.0. The minimum atomic E-state index is -3.76. The van der Waals surface area contributed by atoms with Gasteiger partial charge in [0.25, 0.3) is 10.0 Å². The van der Waals surface area contributed by atoms with Crippen molar-refractivity contribution in [2.75, 3.05) is 25.0 Å². The van der Waals surface area contributed by atoms with Crippen LogP contribution in [0.3, 0.4) is 0 Å². The van der Waals surface area contributed by atoms with Crippen LogP contribution in [-0.4, -0.2) is 50.1 Å². The average Bonchev–Trinajstić information content (AvgIpc) is 3.47. The third-order valence-electron chi connectivity index (χ3n) is 6.00. The van der Waals surface area contributed by atoms with E-state index in [4.69, 9.17) is 10.00 Å². The largest absolute Gasteiger partial charge is 0.494 e. The first-order chi connectivity index (χ1) is 17.7. The van der Waals surface area contributed by atoms with Crippen LogP contribution in [0, 0.1) is 18.3 Å². The summed E-state index contributed by atoms with van der Waals surface area (Å²) in [6.07, 6.45) is 2.10. The normalized spacial score (nSPS) is 15.9. The van der Waals surface area contributed by atoms with Crippen molar-refractivity contribution in [1.29, 1.82) is 5.26 Å². The maximum Gasteiger partial charge on any atom is 0.253 e. The molecule has 0 spiro atoms. The lowest BCUT2D eigenvalue weighted by Crippen LogP contribution is -2.44. The van der Waals surface area contributed by atoms with E-state index in [1.54, 1.807) is 19.1 Å². The molecule has 2 aromatic carbocycles. The van der Waals surface area contributed by atoms with Crippen LogP contribution in [-0.2, 0) is 14.8 Å². The van der Waals surface area contributed by atoms with E-state index < -0.39 is 10.0 Å². The second-order valence-electron chi connectivity index (χ2n) is 8.80. The Morgan fingerprint density at radius 3 is 2.51 bits per heavy atom. The number of nitrogens with zero attached hydrogens (tertiary/aromatic N) is 3. The Bertz CT molecular complexity index is 1380. The summed E-state index contributed by atoms with van der Waals surface area (Å²) in [5, 5.41) is 11.8. The van der Waals surface area contributed by atoms with E-state index in [1.165, 1.54) is 6.92 Å². The summed E-state index contributed by atoms with van der Waals surface area (Å²) in [5.74, 6) is 0.476. The number of rotatable bonds is 10. The molecular formula is C26H29N5O4S2. The van der Waals surface area contributed by atoms with Crippen LogP contribution in [0.4, 0.5) is 5.13 Å². The number of aromatic nitrogens is 1. The number of amides is 1. The third-order valence-corrected chi connectivity index (χ3v) is 9.14. The molecule has 9 nitrogen and oxygen atoms in total. The first-order valence-electron chi connectivity index (χ1n) is 12.0. The van der Waals surface area contributed by atoms with Crippen molar-refractivity contribution < 1.29 is 17.9 Å². The molecule has 0 radical (unpaired) electrons. The highest BCUT2D eigenvalue weighted by Crippen LogP contribution is 2.28. The lowest BCUT2D eigenvalue weighted by Gasteiger charge is -2.25. The number of sulfonamides is 1. The van der Waals surface area contributed by atoms with Gasteiger partial charge in [-0.2, -0.15) is 9.98 Å². The number of carbonyl (C=O) groups excluding carboxylic acids is 1. The number of ether oxygens (including phenoxy) is 1. The van der Waals surface area contributed by atoms with Crippen molar-refractivity contribution in [2.45, 2.75) is 43.5 Å². The van der Waals surface area contributed by atoms with E-state index in [0.717, 1.165) is 54.0 Å². The van der Waals surface area contributed by atoms with Gasteiger partial charge in [-0.3, -0.25) is 9.69 Å². The lowest BCUT2D eigenvalue weighted by atomic mass is 10.0. The number of hydrogen-bond acceptors (Lipinski definition) is 8. The summed E-state index contributed by atoms with van der Waals surface area (Å²) in [7, 11) is -3.76. The van der Waals surface area contributed by atoms with E-state index in [9.17, 15) is 13.2 Å². The van der Waals surface area contributed by atoms with Gasteiger partial charge in [0.05, 0.1) is 30.1 Å². The van der Waals surface area contributed by atoms with Crippen molar-refractivity contribution in [1.82, 2.24) is 14.6 Å². The smallest absolute Gasteiger partial charge is 0.253 e. The monoisotopic (exact) mass is 539 g/mol. The molecule has 0 saturated carbocycles. The highest BCUT2D eigenvalue weighted by atomic mass is 32.2. The van der Waals surface area contributed by atoms with Crippen molar-refractivity contribution in [3.8, 4) is 22.9 Å². The standard InChI is InChI=1S/C26H29N5O4S2/c1-18-25(36-26(28-18)29-19(2)32)37(33,34)30-24-5-3-14-31(24)15-4-16-35-23-12-10-22(11-13-23)21-8-6-20(17-27)7-9-21/h6-13,24,30H,3-5,14-16H2,1-2H3,(H,28,29,32). The van der Waals surface area contributed by atoms with Crippen LogP contribution in [0.5, 0.6) is 5.75 Å². The molecule has 2 heterocycles. The Hall–Kier alpha value is -3.30. The fourth-order valence-corrected chi connectivity index (χ4v) is 6.97. The van der Waals surface area contributed by atoms with Gasteiger partial charge < -0.3 is 10.1 Å². The lowest BCUT2D eigenvalue weighted by molar-refractivity contribution is -0.114. The van der Waals surface area contributed by atoms with E-state index in [1.807, 2.05) is 36.4 Å². The van der Waals surface area contributed by atoms with E-state index in [-0.39, 0.29) is 21.4 Å². The number of carbonyl (C=O) groups is 1. The molecule has 3 aromatic rings. The van der Waals surface area contributed by atoms with Crippen molar-refractivity contribution in [2.24, 2.45) is 0 Å². The fraction of sp³-hybridized carbons (Fsp3) is 0.346. The van der Waals surface area contributed by atoms with E-state index in [0.29, 0.717) is 24.4 Å². The average molecular weight is 540 g/mol. The van der Waals surface area contributed by atoms with Gasteiger partial charge in [-0.1, -0.05) is 35.6 Å². The van der Waals surface area contributed by atoms with Crippen molar-refractivity contribution in [3.63, 3.8) is 0 Å². The molecular weight excluding hydrogens is 510 g/mol. The SMILES string of the molecule is CC(=O)Nc1nc(C)c(S(=O)(=O)NC2CCCN2CCCOc2ccc(-c3ccc(C#N)cc3)cc2)s1. The van der Waals surface area contributed by atoms with E-state index in [2.05, 4.69) is 26.0 Å². The first kappa shape index (κ1) is 26.8. The number of anilines is 1. The fourth-order valence-electron chi connectivity index (χ4n) is 4.23. The van der Waals surface area contributed by atoms with Crippen LogP contribution in [0.15, 0.2) is 52.7 Å². The van der Waals surface area contributed by atoms with Gasteiger partial charge in [-0.05, 0) is 68.1 Å². The number of likely N-dealkylation sites (tertiary alicyclic amines) is 1. The van der Waals surface area contributed by atoms with Gasteiger partial charge in [-0.25, -0.2) is 13.4 Å². The number of thiazole rings is 1. The van der Waals surface area contributed by atoms with E-state index >= 15 is 0 Å². The van der Waals surface area contributed by atoms with Crippen LogP contribution in [0.2, 0.25) is 0 Å². The summed E-state index contributed by atoms with van der Waals surface area (Å²) >= 11 is 0.955. The molecule has 194 valence electrons. The van der Waals surface area contributed by atoms with Gasteiger partial charge in [0.1, 0.15) is 5.75 Å². The Kier molecular flexibility index (Phi) is 8.56. The molecule has 1 aromatic heterocycles. The zero-order valence-electron chi connectivity index (χ0n) is 20.7. The van der Waals surface area contributed by atoms with Crippen LogP contribution in [0.1, 0.15) is 37.4 Å². The Morgan fingerprint density at radius 1 is 1.19 bits per heavy atom. The van der Waals surface area contributed by atoms with Gasteiger partial charge in [0, 0.05) is 13.5 Å². The Morgan fingerprint density at radius 2 is 1.86 bits per heavy atom. The molecule has 0 bridgehead atoms. The first-order valence-corrected chi connectivity index (χ1v) is 14.3. The van der Waals surface area contributed by atoms with Crippen LogP contribution >= 0.6 is 11.3 Å². The van der Waals surface area contributed by atoms with Crippen LogP contribution in [0.25, 0.3) is 11.1 Å². The molecule has 37 heavy (non-hydrogen) atoms. The zero-order chi connectivity index (χ0) is 26.4. The van der Waals surface area contributed by atoms with Gasteiger partial charge in [0.15, 0.2) is 9.34 Å². The zero-order valence-corrected chi connectivity index (χ0v) is 22.4. The number of nitriles is 1. The predicted molar refractivity (Wildman–Crippen MR) is 143 cm³/mol. The minimum absolute atomic E-state index is 0.121. The molecule has 1 aliphatic rings. The maximum absolute atomic E-state index is 13.0. The number of aryl methyl sites for hydroxylation is 1. The molecule has 1 unspecified atom stereocenters. The number of benzene rings is 2. The van der Waals surface area contributed by atoms with Gasteiger partial charge in [0.2, 0.25) is 5.91 Å². The summed E-state index contributed by atoms with van der Waals surface area (Å²) in [6.45, 7) is 5.01. The molecule has 1 atom stereocenters. The Balaban J connectivity index is 1.27. The quantitative estimate of drug-likeness (QED) is 0.371. The molecule has 1 fully saturated rings. The second-order valence-corrected chi connectivity index (χ2v) is 11.7. The highest BCUT2D eigenvalue weighted by Gasteiger charge is 2.31. The second kappa shape index (κ2) is 11.8. The van der Waals surface area contributed by atoms with Crippen LogP contribution < -0.4 is 14.8 Å². The topological polar surface area (TPSA) is 124 Å². The van der Waals surface area contributed by atoms with Gasteiger partial charge >= 0.3 is 0 Å². The molecule has 11 heteroatoms. The highest BCUT2D eigenvalue weighted by molar-refractivity contribution is 7.91. The molecule has 1 saturated heterocycles. The molecule has 1 amide bonds. The molecule has 1 aliphatic heterocycles. The third kappa shape index (κ3) is 6.93. The van der Waals surface area contributed by atoms with Crippen molar-refractivity contribution in [3.05, 3.63) is 59.8 Å². The number of nitrogens with one attached hydrogen (secondary N) is 2. The predicted octanol–water partition coefficient (Wildman–Crippen LogP) is 4.12. The number of hydrogen-bond donors (Lipinski definition) is 2. The van der Waals surface area contributed by atoms with Crippen molar-refractivity contribution >= 4 is 32.4 Å². The molecule has 2 N–H and O–H groups in total. The summed E-state index contributed by atoms with van der Waals surface area (Å²) in [5.41, 5.74) is 3.08. The summed E-state index contributed by atoms with van der Waals surface area (Å²) < 4.78 is 34.9. The molecule has 4 rings (SSSR count). The summed E-state index contributed by atoms with van der Waals surface area (Å²) in [4.78, 5) is 17.6. The summed E-state index contributed by atoms with van der Waals surface area (Å²) in [6, 6.07) is 17.4. The Labute approximate surface area is 221 Å².